The van der Waals surface area contributed by atoms with E-state index in [4.69, 9.17) is 4.74 Å². The lowest BCUT2D eigenvalue weighted by Gasteiger charge is -2.38. The molecule has 1 saturated heterocycles. The highest BCUT2D eigenvalue weighted by atomic mass is 79.9. The first-order valence-corrected chi connectivity index (χ1v) is 9.80. The number of carbonyl (C=O) groups excluding carboxylic acids is 1. The highest BCUT2D eigenvalue weighted by Gasteiger charge is 2.34. The molecular weight excluding hydrogens is 448 g/mol. The highest BCUT2D eigenvalue weighted by molar-refractivity contribution is 9.10. The number of carbonyl (C=O) groups is 1. The van der Waals surface area contributed by atoms with Gasteiger partial charge in [0.15, 0.2) is 0 Å². The van der Waals surface area contributed by atoms with Gasteiger partial charge in [-0.05, 0) is 54.8 Å². The molecule has 0 saturated carbocycles. The van der Waals surface area contributed by atoms with E-state index in [1.165, 1.54) is 5.56 Å². The molecule has 2 N–H and O–H groups in total. The summed E-state index contributed by atoms with van der Waals surface area (Å²) in [5.41, 5.74) is 1.74. The van der Waals surface area contributed by atoms with Gasteiger partial charge in [-0.15, -0.1) is 0 Å². The van der Waals surface area contributed by atoms with E-state index >= 15 is 0 Å². The fourth-order valence-electron chi connectivity index (χ4n) is 3.06. The van der Waals surface area contributed by atoms with Gasteiger partial charge in [-0.25, -0.2) is 0 Å². The van der Waals surface area contributed by atoms with Crippen LogP contribution < -0.4 is 10.6 Å². The predicted octanol–water partition coefficient (Wildman–Crippen LogP) is 4.45. The lowest BCUT2D eigenvalue weighted by atomic mass is 9.82. The Labute approximate surface area is 164 Å². The van der Waals surface area contributed by atoms with Crippen LogP contribution in [0.5, 0.6) is 0 Å². The highest BCUT2D eigenvalue weighted by Crippen LogP contribution is 2.33. The van der Waals surface area contributed by atoms with Crippen LogP contribution in [0.15, 0.2) is 57.5 Å². The largest absolute Gasteiger partial charge is 0.381 e. The van der Waals surface area contributed by atoms with E-state index < -0.39 is 0 Å². The van der Waals surface area contributed by atoms with Crippen LogP contribution in [0.25, 0.3) is 0 Å². The summed E-state index contributed by atoms with van der Waals surface area (Å²) in [6, 6.07) is 15.8. The van der Waals surface area contributed by atoms with Crippen molar-refractivity contribution >= 4 is 43.5 Å². The van der Waals surface area contributed by atoms with E-state index in [2.05, 4.69) is 54.6 Å². The van der Waals surface area contributed by atoms with Gasteiger partial charge in [0.2, 0.25) is 5.91 Å². The Morgan fingerprint density at radius 1 is 1.04 bits per heavy atom. The van der Waals surface area contributed by atoms with Crippen molar-refractivity contribution in [1.82, 2.24) is 5.32 Å². The molecule has 0 aromatic heterocycles. The number of nitrogens with one attached hydrogen (secondary N) is 2. The molecular formula is C19H20Br2N2O2. The van der Waals surface area contributed by atoms with Gasteiger partial charge in [0, 0.05) is 33.4 Å². The molecule has 0 bridgehead atoms. The number of hydrogen-bond donors (Lipinski definition) is 2. The zero-order chi connectivity index (χ0) is 17.7. The van der Waals surface area contributed by atoms with Crippen LogP contribution in [0, 0.1) is 0 Å². The van der Waals surface area contributed by atoms with Gasteiger partial charge in [0.1, 0.15) is 0 Å². The maximum atomic E-state index is 12.4. The quantitative estimate of drug-likeness (QED) is 0.683. The summed E-state index contributed by atoms with van der Waals surface area (Å²) in [7, 11) is 0. The zero-order valence-electron chi connectivity index (χ0n) is 13.7. The van der Waals surface area contributed by atoms with E-state index in [-0.39, 0.29) is 18.0 Å². The standard InChI is InChI=1S/C19H20Br2N2O2/c20-15-4-6-17(7-5-15)23-18(24)13-22-19(8-10-25-11-9-19)14-2-1-3-16(21)12-14/h1-7,12,22H,8-11,13H2,(H,23,24). The summed E-state index contributed by atoms with van der Waals surface area (Å²) in [5.74, 6) is -0.0526. The number of ether oxygens (including phenoxy) is 1. The molecule has 2 aromatic rings. The molecule has 0 spiro atoms. The molecule has 1 aliphatic heterocycles. The summed E-state index contributed by atoms with van der Waals surface area (Å²) >= 11 is 6.93. The average molecular weight is 468 g/mol. The van der Waals surface area contributed by atoms with Gasteiger partial charge in [-0.1, -0.05) is 44.0 Å². The minimum atomic E-state index is -0.237. The van der Waals surface area contributed by atoms with Crippen LogP contribution in [-0.2, 0) is 15.1 Å². The Hall–Kier alpha value is -1.21. The van der Waals surface area contributed by atoms with Gasteiger partial charge in [-0.2, -0.15) is 0 Å². The number of hydrogen-bond acceptors (Lipinski definition) is 3. The normalized spacial score (nSPS) is 16.4. The van der Waals surface area contributed by atoms with Crippen molar-refractivity contribution < 1.29 is 9.53 Å². The Morgan fingerprint density at radius 3 is 2.44 bits per heavy atom. The van der Waals surface area contributed by atoms with E-state index in [0.29, 0.717) is 13.2 Å². The maximum absolute atomic E-state index is 12.4. The number of rotatable bonds is 5. The monoisotopic (exact) mass is 466 g/mol. The van der Waals surface area contributed by atoms with Crippen molar-refractivity contribution in [1.29, 1.82) is 0 Å². The fourth-order valence-corrected chi connectivity index (χ4v) is 3.72. The van der Waals surface area contributed by atoms with Crippen LogP contribution in [0.3, 0.4) is 0 Å². The van der Waals surface area contributed by atoms with Gasteiger partial charge in [0.25, 0.3) is 0 Å². The molecule has 4 nitrogen and oxygen atoms in total. The molecule has 0 atom stereocenters. The molecule has 0 radical (unpaired) electrons. The lowest BCUT2D eigenvalue weighted by Crippen LogP contribution is -2.49. The summed E-state index contributed by atoms with van der Waals surface area (Å²) in [6.45, 7) is 1.63. The van der Waals surface area contributed by atoms with Crippen LogP contribution in [0.2, 0.25) is 0 Å². The molecule has 2 aromatic carbocycles. The predicted molar refractivity (Wildman–Crippen MR) is 107 cm³/mol. The van der Waals surface area contributed by atoms with Crippen LogP contribution in [0.4, 0.5) is 5.69 Å². The molecule has 1 fully saturated rings. The Bertz CT molecular complexity index is 728. The second-order valence-corrected chi connectivity index (χ2v) is 7.94. The molecule has 3 rings (SSSR count). The average Bonchev–Trinajstić information content (AvgIpc) is 2.63. The third kappa shape index (κ3) is 4.91. The molecule has 25 heavy (non-hydrogen) atoms. The number of halogens is 2. The van der Waals surface area contributed by atoms with Crippen LogP contribution in [0.1, 0.15) is 18.4 Å². The molecule has 1 amide bonds. The van der Waals surface area contributed by atoms with Crippen LogP contribution >= 0.6 is 31.9 Å². The van der Waals surface area contributed by atoms with Crippen molar-refractivity contribution in [2.45, 2.75) is 18.4 Å². The summed E-state index contributed by atoms with van der Waals surface area (Å²) in [6.07, 6.45) is 1.68. The first kappa shape index (κ1) is 18.6. The van der Waals surface area contributed by atoms with E-state index in [9.17, 15) is 4.79 Å². The van der Waals surface area contributed by atoms with Crippen molar-refractivity contribution in [3.8, 4) is 0 Å². The molecule has 0 aliphatic carbocycles. The Balaban J connectivity index is 1.68. The van der Waals surface area contributed by atoms with Crippen LogP contribution in [-0.4, -0.2) is 25.7 Å². The fraction of sp³-hybridized carbons (Fsp3) is 0.316. The van der Waals surface area contributed by atoms with Crippen molar-refractivity contribution in [2.75, 3.05) is 25.1 Å². The third-order valence-corrected chi connectivity index (χ3v) is 5.46. The molecule has 1 heterocycles. The van der Waals surface area contributed by atoms with Crippen molar-refractivity contribution in [2.24, 2.45) is 0 Å². The van der Waals surface area contributed by atoms with Gasteiger partial charge in [-0.3, -0.25) is 10.1 Å². The number of amides is 1. The number of benzene rings is 2. The van der Waals surface area contributed by atoms with Crippen molar-refractivity contribution in [3.63, 3.8) is 0 Å². The SMILES string of the molecule is O=C(CNC1(c2cccc(Br)c2)CCOCC1)Nc1ccc(Br)cc1. The second kappa shape index (κ2) is 8.45. The van der Waals surface area contributed by atoms with Gasteiger partial charge >= 0.3 is 0 Å². The summed E-state index contributed by atoms with van der Waals surface area (Å²) < 4.78 is 7.56. The summed E-state index contributed by atoms with van der Waals surface area (Å²) in [5, 5.41) is 6.41. The smallest absolute Gasteiger partial charge is 0.238 e. The van der Waals surface area contributed by atoms with Gasteiger partial charge in [0.05, 0.1) is 6.54 Å². The van der Waals surface area contributed by atoms with Crippen molar-refractivity contribution in [3.05, 3.63) is 63.0 Å². The Kier molecular flexibility index (Phi) is 6.28. The zero-order valence-corrected chi connectivity index (χ0v) is 16.9. The maximum Gasteiger partial charge on any atom is 0.238 e. The first-order chi connectivity index (χ1) is 12.1. The van der Waals surface area contributed by atoms with E-state index in [1.54, 1.807) is 0 Å². The molecule has 132 valence electrons. The summed E-state index contributed by atoms with van der Waals surface area (Å²) in [4.78, 5) is 12.4. The minimum Gasteiger partial charge on any atom is -0.381 e. The number of anilines is 1. The third-order valence-electron chi connectivity index (χ3n) is 4.44. The molecule has 0 unspecified atom stereocenters. The van der Waals surface area contributed by atoms with Gasteiger partial charge < -0.3 is 10.1 Å². The lowest BCUT2D eigenvalue weighted by molar-refractivity contribution is -0.116. The minimum absolute atomic E-state index is 0.0526. The van der Waals surface area contributed by atoms with E-state index in [1.807, 2.05) is 36.4 Å². The molecule has 6 heteroatoms. The second-order valence-electron chi connectivity index (χ2n) is 6.11. The Morgan fingerprint density at radius 2 is 1.76 bits per heavy atom. The topological polar surface area (TPSA) is 50.4 Å². The van der Waals surface area contributed by atoms with E-state index in [0.717, 1.165) is 27.5 Å². The first-order valence-electron chi connectivity index (χ1n) is 8.22. The molecule has 1 aliphatic rings.